The van der Waals surface area contributed by atoms with E-state index >= 15 is 0 Å². The molecule has 0 aliphatic carbocycles. The first-order valence-corrected chi connectivity index (χ1v) is 7.23. The van der Waals surface area contributed by atoms with Crippen LogP contribution in [0.25, 0.3) is 11.0 Å². The minimum absolute atomic E-state index is 0. The number of hydrogen-bond acceptors (Lipinski definition) is 3. The maximum absolute atomic E-state index is 13.1. The van der Waals surface area contributed by atoms with Gasteiger partial charge in [-0.3, -0.25) is 4.79 Å². The molecule has 3 rings (SSSR count). The third-order valence-corrected chi connectivity index (χ3v) is 4.27. The highest BCUT2D eigenvalue weighted by Crippen LogP contribution is 2.26. The normalized spacial score (nSPS) is 21.1. The summed E-state index contributed by atoms with van der Waals surface area (Å²) in [6.45, 7) is 3.39. The Kier molecular flexibility index (Phi) is 5.08. The van der Waals surface area contributed by atoms with E-state index in [1.54, 1.807) is 12.3 Å². The van der Waals surface area contributed by atoms with Gasteiger partial charge in [-0.05, 0) is 37.9 Å². The predicted molar refractivity (Wildman–Crippen MR) is 85.5 cm³/mol. The molecule has 0 saturated carbocycles. The van der Waals surface area contributed by atoms with Crippen molar-refractivity contribution >= 4 is 29.3 Å². The fourth-order valence-corrected chi connectivity index (χ4v) is 3.12. The van der Waals surface area contributed by atoms with Gasteiger partial charge in [0.2, 0.25) is 5.91 Å². The average molecular weight is 327 g/mol. The zero-order valence-electron chi connectivity index (χ0n) is 12.4. The smallest absolute Gasteiger partial charge is 0.227 e. The number of furan rings is 1. The van der Waals surface area contributed by atoms with Gasteiger partial charge in [-0.25, -0.2) is 4.39 Å². The lowest BCUT2D eigenvalue weighted by molar-refractivity contribution is -0.131. The van der Waals surface area contributed by atoms with Crippen LogP contribution in [0.15, 0.2) is 28.9 Å². The molecule has 2 unspecified atom stereocenters. The monoisotopic (exact) mass is 326 g/mol. The molecule has 6 heteroatoms. The van der Waals surface area contributed by atoms with Crippen LogP contribution in [0.1, 0.15) is 18.9 Å². The Labute approximate surface area is 134 Å². The van der Waals surface area contributed by atoms with Crippen LogP contribution in [0.5, 0.6) is 0 Å². The van der Waals surface area contributed by atoms with Crippen LogP contribution < -0.4 is 5.73 Å². The van der Waals surface area contributed by atoms with Crippen molar-refractivity contribution in [3.63, 3.8) is 0 Å². The van der Waals surface area contributed by atoms with Gasteiger partial charge in [-0.1, -0.05) is 0 Å². The van der Waals surface area contributed by atoms with Gasteiger partial charge in [0.05, 0.1) is 12.7 Å². The molecule has 1 aromatic carbocycles. The largest absolute Gasteiger partial charge is 0.464 e. The Balaban J connectivity index is 0.00000176. The van der Waals surface area contributed by atoms with E-state index in [9.17, 15) is 9.18 Å². The van der Waals surface area contributed by atoms with Crippen molar-refractivity contribution in [2.75, 3.05) is 13.1 Å². The van der Waals surface area contributed by atoms with Crippen LogP contribution >= 0.6 is 12.4 Å². The first kappa shape index (κ1) is 16.8. The van der Waals surface area contributed by atoms with E-state index in [-0.39, 0.29) is 36.6 Å². The maximum Gasteiger partial charge on any atom is 0.227 e. The second-order valence-electron chi connectivity index (χ2n) is 5.81. The lowest BCUT2D eigenvalue weighted by atomic mass is 10.1. The second-order valence-corrected chi connectivity index (χ2v) is 5.81. The summed E-state index contributed by atoms with van der Waals surface area (Å²) in [4.78, 5) is 14.4. The van der Waals surface area contributed by atoms with E-state index in [1.807, 2.05) is 4.90 Å². The fourth-order valence-electron chi connectivity index (χ4n) is 3.12. The molecule has 1 aromatic heterocycles. The molecule has 1 aliphatic heterocycles. The molecule has 4 nitrogen and oxygen atoms in total. The van der Waals surface area contributed by atoms with Gasteiger partial charge in [0.25, 0.3) is 0 Å². The van der Waals surface area contributed by atoms with Crippen molar-refractivity contribution in [2.45, 2.75) is 25.8 Å². The van der Waals surface area contributed by atoms with Gasteiger partial charge < -0.3 is 15.1 Å². The standard InChI is InChI=1S/C16H19FN2O2.ClH/c1-10-4-11(7-18)8-19(10)16(20)5-12-9-21-15-6-13(17)2-3-14(12)15;/h2-3,6,9-11H,4-5,7-8,18H2,1H3;1H. The molecule has 1 saturated heterocycles. The van der Waals surface area contributed by atoms with Gasteiger partial charge in [0.15, 0.2) is 0 Å². The molecule has 1 fully saturated rings. The van der Waals surface area contributed by atoms with Gasteiger partial charge in [-0.15, -0.1) is 12.4 Å². The molecular weight excluding hydrogens is 307 g/mol. The number of benzene rings is 1. The van der Waals surface area contributed by atoms with E-state index in [0.29, 0.717) is 18.0 Å². The molecule has 22 heavy (non-hydrogen) atoms. The Hall–Kier alpha value is -1.59. The van der Waals surface area contributed by atoms with Crippen LogP contribution in [0, 0.1) is 11.7 Å². The minimum Gasteiger partial charge on any atom is -0.464 e. The van der Waals surface area contributed by atoms with Crippen LogP contribution in [0.4, 0.5) is 4.39 Å². The number of fused-ring (bicyclic) bond motifs is 1. The number of amides is 1. The number of rotatable bonds is 3. The molecule has 0 bridgehead atoms. The van der Waals surface area contributed by atoms with Crippen LogP contribution in [0.2, 0.25) is 0 Å². The topological polar surface area (TPSA) is 59.5 Å². The Morgan fingerprint density at radius 2 is 2.27 bits per heavy atom. The van der Waals surface area contributed by atoms with E-state index in [0.717, 1.165) is 23.9 Å². The second kappa shape index (κ2) is 6.67. The number of nitrogens with zero attached hydrogens (tertiary/aromatic N) is 1. The summed E-state index contributed by atoms with van der Waals surface area (Å²) in [6.07, 6.45) is 2.78. The lowest BCUT2D eigenvalue weighted by Gasteiger charge is -2.21. The van der Waals surface area contributed by atoms with Crippen molar-refractivity contribution in [1.82, 2.24) is 4.90 Å². The highest BCUT2D eigenvalue weighted by molar-refractivity contribution is 5.88. The lowest BCUT2D eigenvalue weighted by Crippen LogP contribution is -2.35. The van der Waals surface area contributed by atoms with Crippen LogP contribution in [-0.4, -0.2) is 29.9 Å². The molecule has 1 amide bonds. The number of hydrogen-bond donors (Lipinski definition) is 1. The van der Waals surface area contributed by atoms with Crippen molar-refractivity contribution in [3.8, 4) is 0 Å². The van der Waals surface area contributed by atoms with E-state index in [4.69, 9.17) is 10.2 Å². The summed E-state index contributed by atoms with van der Waals surface area (Å²) in [5, 5.41) is 0.798. The summed E-state index contributed by atoms with van der Waals surface area (Å²) >= 11 is 0. The zero-order chi connectivity index (χ0) is 15.0. The van der Waals surface area contributed by atoms with Crippen LogP contribution in [-0.2, 0) is 11.2 Å². The number of carbonyl (C=O) groups excluding carboxylic acids is 1. The summed E-state index contributed by atoms with van der Waals surface area (Å²) in [5.74, 6) is 0.123. The van der Waals surface area contributed by atoms with E-state index in [1.165, 1.54) is 12.1 Å². The molecule has 2 atom stereocenters. The predicted octanol–water partition coefficient (Wildman–Crippen LogP) is 2.73. The number of halogens is 2. The number of likely N-dealkylation sites (tertiary alicyclic amines) is 1. The summed E-state index contributed by atoms with van der Waals surface area (Å²) in [5.41, 5.74) is 6.98. The third-order valence-electron chi connectivity index (χ3n) is 4.27. The first-order chi connectivity index (χ1) is 10.1. The first-order valence-electron chi connectivity index (χ1n) is 7.23. The molecule has 0 spiro atoms. The van der Waals surface area contributed by atoms with Crippen molar-refractivity contribution in [3.05, 3.63) is 35.8 Å². The van der Waals surface area contributed by atoms with Gasteiger partial charge in [-0.2, -0.15) is 0 Å². The number of carbonyl (C=O) groups is 1. The van der Waals surface area contributed by atoms with Crippen molar-refractivity contribution < 1.29 is 13.6 Å². The van der Waals surface area contributed by atoms with Gasteiger partial charge in [0.1, 0.15) is 11.4 Å². The molecule has 0 radical (unpaired) electrons. The summed E-state index contributed by atoms with van der Waals surface area (Å²) in [7, 11) is 0. The summed E-state index contributed by atoms with van der Waals surface area (Å²) < 4.78 is 18.5. The molecular formula is C16H20ClFN2O2. The fraction of sp³-hybridized carbons (Fsp3) is 0.438. The van der Waals surface area contributed by atoms with E-state index < -0.39 is 0 Å². The summed E-state index contributed by atoms with van der Waals surface area (Å²) in [6, 6.07) is 4.61. The molecule has 1 aliphatic rings. The SMILES string of the molecule is CC1CC(CN)CN1C(=O)Cc1coc2cc(F)ccc12.Cl. The van der Waals surface area contributed by atoms with Gasteiger partial charge >= 0.3 is 0 Å². The zero-order valence-corrected chi connectivity index (χ0v) is 13.2. The Bertz CT molecular complexity index is 673. The molecule has 120 valence electrons. The van der Waals surface area contributed by atoms with E-state index in [2.05, 4.69) is 6.92 Å². The number of nitrogens with two attached hydrogens (primary N) is 1. The molecule has 2 N–H and O–H groups in total. The van der Waals surface area contributed by atoms with Crippen molar-refractivity contribution in [1.29, 1.82) is 0 Å². The third kappa shape index (κ3) is 3.10. The Morgan fingerprint density at radius 1 is 1.50 bits per heavy atom. The minimum atomic E-state index is -0.339. The van der Waals surface area contributed by atoms with Crippen LogP contribution in [0.3, 0.4) is 0 Å². The average Bonchev–Trinajstić information content (AvgIpc) is 3.02. The molecule has 2 aromatic rings. The van der Waals surface area contributed by atoms with Crippen molar-refractivity contribution in [2.24, 2.45) is 11.7 Å². The van der Waals surface area contributed by atoms with Gasteiger partial charge in [0, 0.05) is 29.6 Å². The Morgan fingerprint density at radius 3 is 2.95 bits per heavy atom. The highest BCUT2D eigenvalue weighted by atomic mass is 35.5. The quantitative estimate of drug-likeness (QED) is 0.943. The molecule has 2 heterocycles. The maximum atomic E-state index is 13.1. The highest BCUT2D eigenvalue weighted by Gasteiger charge is 2.31.